The second kappa shape index (κ2) is 33.5. The van der Waals surface area contributed by atoms with Crippen LogP contribution in [0.2, 0.25) is 20.1 Å². The van der Waals surface area contributed by atoms with Gasteiger partial charge in [0, 0.05) is 45.1 Å². The molecule has 4 N–H and O–H groups in total. The molecular weight excluding hydrogens is 1160 g/mol. The highest BCUT2D eigenvalue weighted by Crippen LogP contribution is 2.35. The monoisotopic (exact) mass is 1230 g/mol. The Balaban J connectivity index is 0.000000225. The van der Waals surface area contributed by atoms with Crippen LogP contribution in [0.3, 0.4) is 0 Å². The molecule has 0 saturated carbocycles. The first-order valence-electron chi connectivity index (χ1n) is 27.0. The molecule has 24 heteroatoms. The first kappa shape index (κ1) is 67.8. The summed E-state index contributed by atoms with van der Waals surface area (Å²) >= 11 is 23.2. The molecule has 450 valence electrons. The van der Waals surface area contributed by atoms with E-state index in [2.05, 4.69) is 61.8 Å². The van der Waals surface area contributed by atoms with Gasteiger partial charge in [0.05, 0.1) is 40.0 Å². The lowest BCUT2D eigenvalue weighted by molar-refractivity contribution is -0.193. The molecule has 2 unspecified atom stereocenters. The number of alkyl halides is 6. The number of hydrogen-bond acceptors (Lipinski definition) is 12. The van der Waals surface area contributed by atoms with Gasteiger partial charge < -0.3 is 45.0 Å². The molecule has 8 rings (SSSR count). The van der Waals surface area contributed by atoms with Crippen molar-refractivity contribution in [1.82, 2.24) is 20.0 Å². The average molecular weight is 1240 g/mol. The number of rotatable bonds is 15. The van der Waals surface area contributed by atoms with Crippen LogP contribution in [0.5, 0.6) is 11.5 Å². The number of nitrogens with one attached hydrogen (secondary N) is 2. The summed E-state index contributed by atoms with van der Waals surface area (Å²) in [6.07, 6.45) is -1.19. The second-order valence-corrected chi connectivity index (χ2v) is 22.1. The highest BCUT2D eigenvalue weighted by Gasteiger charge is 2.54. The van der Waals surface area contributed by atoms with Crippen molar-refractivity contribution < 1.29 is 65.2 Å². The van der Waals surface area contributed by atoms with Gasteiger partial charge in [-0.1, -0.05) is 70.7 Å². The summed E-state index contributed by atoms with van der Waals surface area (Å²) in [5, 5.41) is 28.0. The third-order valence-electron chi connectivity index (χ3n) is 15.3. The largest absolute Gasteiger partial charge is 0.497 e. The van der Waals surface area contributed by atoms with Crippen LogP contribution in [0.15, 0.2) is 89.9 Å². The number of carbonyl (C=O) groups is 3. The van der Waals surface area contributed by atoms with Crippen molar-refractivity contribution in [2.45, 2.75) is 75.6 Å². The molecule has 0 spiro atoms. The molecular formula is C58H70Cl4F6N6O8. The summed E-state index contributed by atoms with van der Waals surface area (Å²) in [7, 11) is 3.41. The Bertz CT molecular complexity index is 2650. The first-order chi connectivity index (χ1) is 39.1. The van der Waals surface area contributed by atoms with Gasteiger partial charge in [-0.25, -0.2) is 9.59 Å². The van der Waals surface area contributed by atoms with E-state index in [9.17, 15) is 55.7 Å². The zero-order chi connectivity index (χ0) is 60.0. The molecule has 2 amide bonds. The lowest BCUT2D eigenvalue weighted by Gasteiger charge is -2.39. The quantitative estimate of drug-likeness (QED) is 0.0386. The van der Waals surface area contributed by atoms with Gasteiger partial charge in [0.2, 0.25) is 6.08 Å². The number of urea groups is 1. The number of isocyanates is 1. The fourth-order valence-electron chi connectivity index (χ4n) is 10.6. The molecule has 4 aromatic rings. The number of likely N-dealkylation sites (tertiary alicyclic amines) is 3. The Kier molecular flexibility index (Phi) is 27.7. The lowest BCUT2D eigenvalue weighted by Crippen LogP contribution is -2.45. The third kappa shape index (κ3) is 21.6. The summed E-state index contributed by atoms with van der Waals surface area (Å²) in [6.45, 7) is 10.5. The highest BCUT2D eigenvalue weighted by atomic mass is 35.5. The summed E-state index contributed by atoms with van der Waals surface area (Å²) in [4.78, 5) is 52.0. The molecule has 14 nitrogen and oxygen atoms in total. The van der Waals surface area contributed by atoms with Crippen LogP contribution < -0.4 is 20.1 Å². The number of amides is 2. The number of halogens is 10. The third-order valence-corrected chi connectivity index (χ3v) is 16.8. The summed E-state index contributed by atoms with van der Waals surface area (Å²) < 4.78 is 77.5. The summed E-state index contributed by atoms with van der Waals surface area (Å²) in [5.41, 5.74) is 3.91. The van der Waals surface area contributed by atoms with E-state index in [-0.39, 0.29) is 18.6 Å². The van der Waals surface area contributed by atoms with Crippen LogP contribution >= 0.6 is 46.4 Å². The van der Waals surface area contributed by atoms with Crippen LogP contribution in [0.4, 0.5) is 42.5 Å². The number of nitrogens with zero attached hydrogens (tertiary/aromatic N) is 4. The molecule has 4 aliphatic heterocycles. The van der Waals surface area contributed by atoms with Gasteiger partial charge in [-0.2, -0.15) is 31.3 Å². The molecule has 0 aromatic heterocycles. The molecule has 4 heterocycles. The number of ether oxygens (including phenoxy) is 2. The molecule has 0 radical (unpaired) electrons. The SMILES string of the molecule is COc1ccc(C2CCN(CC(CO)C3CCN(C(=O)Nc4ccc(Cl)c(Cl)c4)CC3)CC2)cc1.COc1ccc(C2CCN(CC(CO)C3CCNCC3)CC2)cc1.O=C(C(=O)C(F)(F)F)C(F)(F)F.O=C=Nc1ccc(Cl)c(Cl)c1. The van der Waals surface area contributed by atoms with Crippen molar-refractivity contribution in [3.63, 3.8) is 0 Å². The van der Waals surface area contributed by atoms with Gasteiger partial charge in [0.15, 0.2) is 0 Å². The maximum absolute atomic E-state index is 12.7. The minimum Gasteiger partial charge on any atom is -0.497 e. The lowest BCUT2D eigenvalue weighted by atomic mass is 9.83. The Morgan fingerprint density at radius 3 is 1.40 bits per heavy atom. The number of aliphatic hydroxyl groups excluding tert-OH is 2. The normalized spacial score (nSPS) is 17.7. The van der Waals surface area contributed by atoms with Crippen LogP contribution in [-0.2, 0) is 14.4 Å². The predicted octanol–water partition coefficient (Wildman–Crippen LogP) is 12.4. The molecule has 4 aromatic carbocycles. The number of hydrogen-bond donors (Lipinski definition) is 4. The average Bonchev–Trinajstić information content (AvgIpc) is 3.51. The number of Topliss-reactive ketones (excluding diaryl/α,β-unsaturated/α-hetero) is 2. The molecule has 0 bridgehead atoms. The maximum Gasteiger partial charge on any atom is 0.458 e. The van der Waals surface area contributed by atoms with Crippen LogP contribution in [0, 0.1) is 23.7 Å². The van der Waals surface area contributed by atoms with E-state index < -0.39 is 23.9 Å². The zero-order valence-electron chi connectivity index (χ0n) is 45.6. The Morgan fingerprint density at radius 2 is 1.02 bits per heavy atom. The van der Waals surface area contributed by atoms with Gasteiger partial charge in [-0.05, 0) is 198 Å². The van der Waals surface area contributed by atoms with Crippen molar-refractivity contribution in [2.24, 2.45) is 28.7 Å². The zero-order valence-corrected chi connectivity index (χ0v) is 48.6. The van der Waals surface area contributed by atoms with Crippen molar-refractivity contribution >= 4 is 81.5 Å². The van der Waals surface area contributed by atoms with Gasteiger partial charge in [-0.3, -0.25) is 9.59 Å². The minimum atomic E-state index is -5.77. The highest BCUT2D eigenvalue weighted by molar-refractivity contribution is 6.43. The van der Waals surface area contributed by atoms with Gasteiger partial charge in [0.25, 0.3) is 0 Å². The summed E-state index contributed by atoms with van der Waals surface area (Å²) in [5.74, 6) is -1.93. The Morgan fingerprint density at radius 1 is 0.610 bits per heavy atom. The number of aliphatic imine (C=N–C) groups is 1. The fourth-order valence-corrected chi connectivity index (χ4v) is 11.1. The number of aliphatic hydroxyl groups is 2. The van der Waals surface area contributed by atoms with E-state index in [1.54, 1.807) is 44.6 Å². The predicted molar refractivity (Wildman–Crippen MR) is 306 cm³/mol. The van der Waals surface area contributed by atoms with Crippen LogP contribution in [0.25, 0.3) is 0 Å². The van der Waals surface area contributed by atoms with E-state index >= 15 is 0 Å². The van der Waals surface area contributed by atoms with E-state index in [1.807, 2.05) is 17.0 Å². The molecule has 0 aliphatic carbocycles. The van der Waals surface area contributed by atoms with Crippen molar-refractivity contribution in [1.29, 1.82) is 0 Å². The van der Waals surface area contributed by atoms with Crippen molar-refractivity contribution in [3.05, 3.63) is 116 Å². The topological polar surface area (TPSA) is 173 Å². The standard InChI is InChI=1S/C27H35Cl2N3O3.C20H32N2O2.C7H3Cl2NO.C4F6O2/c1-35-24-5-2-19(3-6-24)20-8-12-31(13-9-20)17-22(18-33)21-10-14-32(15-11-21)27(34)30-23-4-7-25(28)26(29)16-23;1-24-20-4-2-16(3-5-20)18-8-12-22(13-9-18)14-19(15-23)17-6-10-21-11-7-17;8-6-2-1-5(10-4-11)3-7(6)9;5-3(6,7)1(11)2(12)4(8,9)10/h2-7,16,20-22,33H,8-15,17-18H2,1H3,(H,30,34);2-5,17-19,21,23H,6-15H2,1H3;1-3H;. The maximum atomic E-state index is 12.7. The number of ketones is 2. The molecule has 4 saturated heterocycles. The van der Waals surface area contributed by atoms with Crippen LogP contribution in [0.1, 0.15) is 74.3 Å². The Labute approximate surface area is 494 Å². The van der Waals surface area contributed by atoms with E-state index in [0.29, 0.717) is 80.8 Å². The first-order valence-corrected chi connectivity index (χ1v) is 28.5. The molecule has 4 fully saturated rings. The molecule has 82 heavy (non-hydrogen) atoms. The van der Waals surface area contributed by atoms with Gasteiger partial charge in [-0.15, -0.1) is 0 Å². The van der Waals surface area contributed by atoms with Crippen molar-refractivity contribution in [3.8, 4) is 11.5 Å². The fraction of sp³-hybridized carbons (Fsp3) is 0.517. The van der Waals surface area contributed by atoms with E-state index in [0.717, 1.165) is 89.5 Å². The van der Waals surface area contributed by atoms with E-state index in [1.165, 1.54) is 49.0 Å². The number of benzene rings is 4. The second-order valence-electron chi connectivity index (χ2n) is 20.5. The molecule has 2 atom stereocenters. The van der Waals surface area contributed by atoms with Crippen LogP contribution in [-0.4, -0.2) is 154 Å². The van der Waals surface area contributed by atoms with Gasteiger partial charge in [0.1, 0.15) is 11.5 Å². The number of methoxy groups -OCH3 is 2. The number of piperidine rings is 4. The van der Waals surface area contributed by atoms with Gasteiger partial charge >= 0.3 is 30.0 Å². The number of anilines is 1. The van der Waals surface area contributed by atoms with E-state index in [4.69, 9.17) is 55.9 Å². The minimum absolute atomic E-state index is 0.122. The smallest absolute Gasteiger partial charge is 0.458 e. The van der Waals surface area contributed by atoms with Crippen molar-refractivity contribution in [2.75, 3.05) is 98.2 Å². The number of carbonyl (C=O) groups excluding carboxylic acids is 4. The Hall–Kier alpha value is -4.99. The summed E-state index contributed by atoms with van der Waals surface area (Å²) in [6, 6.07) is 26.6. The molecule has 4 aliphatic rings.